The number of carbonyl (C=O) groups excluding carboxylic acids is 2. The third-order valence-electron chi connectivity index (χ3n) is 3.25. The number of hydrogen-bond acceptors (Lipinski definition) is 5. The first kappa shape index (κ1) is 13.5. The van der Waals surface area contributed by atoms with Crippen LogP contribution < -0.4 is 0 Å². The minimum Gasteiger partial charge on any atom is -0.469 e. The normalized spacial score (nSPS) is 16.4. The molecule has 19 heavy (non-hydrogen) atoms. The topological polar surface area (TPSA) is 78.5 Å². The fourth-order valence-corrected chi connectivity index (χ4v) is 2.07. The Morgan fingerprint density at radius 2 is 2.11 bits per heavy atom. The van der Waals surface area contributed by atoms with E-state index in [1.54, 1.807) is 17.2 Å². The molecule has 7 nitrogen and oxygen atoms in total. The second kappa shape index (κ2) is 6.33. The van der Waals surface area contributed by atoms with E-state index in [2.05, 4.69) is 19.8 Å². The van der Waals surface area contributed by atoms with Crippen LogP contribution in [-0.2, 0) is 9.53 Å². The molecule has 0 atom stereocenters. The Morgan fingerprint density at radius 1 is 1.37 bits per heavy atom. The van der Waals surface area contributed by atoms with Gasteiger partial charge >= 0.3 is 5.97 Å². The summed E-state index contributed by atoms with van der Waals surface area (Å²) in [5.41, 5.74) is 0.517. The number of methoxy groups -OCH3 is 1. The molecule has 2 rings (SSSR count). The smallest absolute Gasteiger partial charge is 0.306 e. The van der Waals surface area contributed by atoms with Crippen molar-refractivity contribution in [2.24, 2.45) is 0 Å². The van der Waals surface area contributed by atoms with Crippen LogP contribution in [0.25, 0.3) is 0 Å². The van der Waals surface area contributed by atoms with Crippen molar-refractivity contribution in [1.29, 1.82) is 0 Å². The summed E-state index contributed by atoms with van der Waals surface area (Å²) in [6.07, 6.45) is 1.96. The van der Waals surface area contributed by atoms with Crippen LogP contribution in [0.3, 0.4) is 0 Å². The third-order valence-corrected chi connectivity index (χ3v) is 3.25. The van der Waals surface area contributed by atoms with Crippen molar-refractivity contribution in [3.8, 4) is 0 Å². The largest absolute Gasteiger partial charge is 0.469 e. The Bertz CT molecular complexity index is 424. The molecular formula is C12H18N4O3. The quantitative estimate of drug-likeness (QED) is 0.759. The van der Waals surface area contributed by atoms with Gasteiger partial charge in [-0.25, -0.2) is 0 Å². The molecule has 7 heteroatoms. The molecule has 0 saturated carbocycles. The molecule has 1 amide bonds. The lowest BCUT2D eigenvalue weighted by Crippen LogP contribution is -2.49. The van der Waals surface area contributed by atoms with E-state index in [1.807, 2.05) is 0 Å². The number of hydrogen-bond donors (Lipinski definition) is 1. The molecule has 0 aliphatic carbocycles. The molecule has 1 aliphatic rings. The van der Waals surface area contributed by atoms with Gasteiger partial charge in [-0.05, 0) is 6.07 Å². The highest BCUT2D eigenvalue weighted by molar-refractivity contribution is 5.92. The van der Waals surface area contributed by atoms with Gasteiger partial charge in [-0.1, -0.05) is 0 Å². The summed E-state index contributed by atoms with van der Waals surface area (Å²) >= 11 is 0. The molecule has 1 aromatic rings. The zero-order valence-corrected chi connectivity index (χ0v) is 11.0. The maximum absolute atomic E-state index is 12.0. The third kappa shape index (κ3) is 3.54. The number of carbonyl (C=O) groups is 2. The van der Waals surface area contributed by atoms with Gasteiger partial charge in [-0.2, -0.15) is 5.10 Å². The van der Waals surface area contributed by atoms with Gasteiger partial charge in [0.05, 0.1) is 13.5 Å². The molecule has 1 fully saturated rings. The lowest BCUT2D eigenvalue weighted by molar-refractivity contribution is -0.141. The van der Waals surface area contributed by atoms with Gasteiger partial charge in [-0.3, -0.25) is 19.6 Å². The highest BCUT2D eigenvalue weighted by atomic mass is 16.5. The average molecular weight is 266 g/mol. The number of aromatic nitrogens is 2. The summed E-state index contributed by atoms with van der Waals surface area (Å²) < 4.78 is 4.61. The zero-order valence-electron chi connectivity index (χ0n) is 11.0. The summed E-state index contributed by atoms with van der Waals surface area (Å²) in [6, 6.07) is 1.67. The summed E-state index contributed by atoms with van der Waals surface area (Å²) in [6.45, 7) is 3.56. The molecule has 1 aromatic heterocycles. The minimum atomic E-state index is -0.198. The van der Waals surface area contributed by atoms with Gasteiger partial charge in [0, 0.05) is 38.9 Å². The van der Waals surface area contributed by atoms with Crippen LogP contribution in [0.2, 0.25) is 0 Å². The molecule has 0 bridgehead atoms. The highest BCUT2D eigenvalue weighted by Gasteiger charge is 2.22. The number of ether oxygens (including phenoxy) is 1. The Balaban J connectivity index is 1.76. The van der Waals surface area contributed by atoms with E-state index in [4.69, 9.17) is 0 Å². The first-order chi connectivity index (χ1) is 9.20. The van der Waals surface area contributed by atoms with E-state index in [0.717, 1.165) is 13.1 Å². The maximum atomic E-state index is 12.0. The monoisotopic (exact) mass is 266 g/mol. The molecule has 1 aliphatic heterocycles. The van der Waals surface area contributed by atoms with Gasteiger partial charge in [0.1, 0.15) is 5.69 Å². The van der Waals surface area contributed by atoms with Gasteiger partial charge < -0.3 is 9.64 Å². The van der Waals surface area contributed by atoms with Crippen LogP contribution in [0, 0.1) is 0 Å². The molecule has 104 valence electrons. The second-order valence-electron chi connectivity index (χ2n) is 4.43. The van der Waals surface area contributed by atoms with Crippen molar-refractivity contribution < 1.29 is 14.3 Å². The minimum absolute atomic E-state index is 0.0230. The Morgan fingerprint density at radius 3 is 2.68 bits per heavy atom. The van der Waals surface area contributed by atoms with Crippen molar-refractivity contribution in [2.45, 2.75) is 6.42 Å². The number of amides is 1. The van der Waals surface area contributed by atoms with Crippen molar-refractivity contribution in [3.05, 3.63) is 18.0 Å². The molecule has 0 unspecified atom stereocenters. The number of esters is 1. The first-order valence-corrected chi connectivity index (χ1v) is 6.28. The fourth-order valence-electron chi connectivity index (χ4n) is 2.07. The summed E-state index contributed by atoms with van der Waals surface area (Å²) in [4.78, 5) is 27.1. The van der Waals surface area contributed by atoms with Crippen molar-refractivity contribution in [2.75, 3.05) is 39.8 Å². The van der Waals surface area contributed by atoms with Crippen molar-refractivity contribution in [3.63, 3.8) is 0 Å². The van der Waals surface area contributed by atoms with E-state index in [9.17, 15) is 9.59 Å². The number of nitrogens with zero attached hydrogens (tertiary/aromatic N) is 3. The predicted octanol–water partition coefficient (Wildman–Crippen LogP) is -0.269. The van der Waals surface area contributed by atoms with E-state index >= 15 is 0 Å². The lowest BCUT2D eigenvalue weighted by Gasteiger charge is -2.34. The van der Waals surface area contributed by atoms with E-state index < -0.39 is 0 Å². The van der Waals surface area contributed by atoms with Crippen LogP contribution >= 0.6 is 0 Å². The number of nitrogens with one attached hydrogen (secondary N) is 1. The first-order valence-electron chi connectivity index (χ1n) is 6.28. The lowest BCUT2D eigenvalue weighted by atomic mass is 10.2. The van der Waals surface area contributed by atoms with Crippen LogP contribution in [0.5, 0.6) is 0 Å². The Labute approximate surface area is 111 Å². The van der Waals surface area contributed by atoms with E-state index in [0.29, 0.717) is 31.7 Å². The zero-order chi connectivity index (χ0) is 13.7. The molecule has 1 saturated heterocycles. The fraction of sp³-hybridized carbons (Fsp3) is 0.583. The average Bonchev–Trinajstić information content (AvgIpc) is 2.98. The van der Waals surface area contributed by atoms with Crippen molar-refractivity contribution >= 4 is 11.9 Å². The number of rotatable bonds is 4. The summed E-state index contributed by atoms with van der Waals surface area (Å²) in [5, 5.41) is 6.45. The van der Waals surface area contributed by atoms with Gasteiger partial charge in [0.25, 0.3) is 5.91 Å². The molecule has 0 radical (unpaired) electrons. The molecule has 0 aromatic carbocycles. The SMILES string of the molecule is COC(=O)CCN1CCN(C(=O)c2ccn[nH]2)CC1. The molecule has 2 heterocycles. The van der Waals surface area contributed by atoms with E-state index in [-0.39, 0.29) is 11.9 Å². The van der Waals surface area contributed by atoms with Gasteiger partial charge in [0.15, 0.2) is 0 Å². The van der Waals surface area contributed by atoms with Crippen molar-refractivity contribution in [1.82, 2.24) is 20.0 Å². The Hall–Kier alpha value is -1.89. The maximum Gasteiger partial charge on any atom is 0.306 e. The van der Waals surface area contributed by atoms with Gasteiger partial charge in [-0.15, -0.1) is 0 Å². The molecular weight excluding hydrogens is 248 g/mol. The summed E-state index contributed by atoms with van der Waals surface area (Å²) in [5.74, 6) is -0.221. The van der Waals surface area contributed by atoms with Crippen LogP contribution in [-0.4, -0.2) is 71.7 Å². The van der Waals surface area contributed by atoms with Crippen LogP contribution in [0.4, 0.5) is 0 Å². The number of aromatic amines is 1. The predicted molar refractivity (Wildman–Crippen MR) is 67.6 cm³/mol. The highest BCUT2D eigenvalue weighted by Crippen LogP contribution is 2.07. The molecule has 0 spiro atoms. The standard InChI is InChI=1S/C12H18N4O3/c1-19-11(17)3-5-15-6-8-16(9-7-15)12(18)10-2-4-13-14-10/h2,4H,3,5-9H2,1H3,(H,13,14). The summed E-state index contributed by atoms with van der Waals surface area (Å²) in [7, 11) is 1.39. The van der Waals surface area contributed by atoms with Crippen LogP contribution in [0.15, 0.2) is 12.3 Å². The second-order valence-corrected chi connectivity index (χ2v) is 4.43. The Kier molecular flexibility index (Phi) is 4.51. The van der Waals surface area contributed by atoms with Gasteiger partial charge in [0.2, 0.25) is 0 Å². The number of H-pyrrole nitrogens is 1. The van der Waals surface area contributed by atoms with E-state index in [1.165, 1.54) is 7.11 Å². The van der Waals surface area contributed by atoms with Crippen LogP contribution in [0.1, 0.15) is 16.9 Å². The number of piperazine rings is 1. The molecule has 1 N–H and O–H groups in total.